The lowest BCUT2D eigenvalue weighted by molar-refractivity contribution is 0.623. The number of rotatable bonds is 5. The fourth-order valence-corrected chi connectivity index (χ4v) is 2.35. The van der Waals surface area contributed by atoms with Gasteiger partial charge in [0.1, 0.15) is 5.52 Å². The molecule has 0 aliphatic rings. The van der Waals surface area contributed by atoms with Gasteiger partial charge >= 0.3 is 0 Å². The molecule has 0 radical (unpaired) electrons. The van der Waals surface area contributed by atoms with Gasteiger partial charge in [-0.05, 0) is 55.2 Å². The van der Waals surface area contributed by atoms with E-state index in [9.17, 15) is 0 Å². The Morgan fingerprint density at radius 3 is 2.67 bits per heavy atom. The van der Waals surface area contributed by atoms with Crippen molar-refractivity contribution in [2.24, 2.45) is 0 Å². The average Bonchev–Trinajstić information content (AvgIpc) is 2.88. The van der Waals surface area contributed by atoms with Gasteiger partial charge in [-0.2, -0.15) is 4.98 Å². The number of benzene rings is 2. The highest BCUT2D eigenvalue weighted by molar-refractivity contribution is 5.76. The molecule has 0 atom stereocenters. The Bertz CT molecular complexity index is 729. The quantitative estimate of drug-likeness (QED) is 0.696. The smallest absolute Gasteiger partial charge is 0.300 e. The molecule has 0 saturated carbocycles. The summed E-state index contributed by atoms with van der Waals surface area (Å²) in [5.74, 6) is 0. The second-order valence-corrected chi connectivity index (χ2v) is 5.42. The molecule has 0 unspecified atom stereocenters. The zero-order valence-corrected chi connectivity index (χ0v) is 12.5. The Balaban J connectivity index is 1.75. The van der Waals surface area contributed by atoms with Gasteiger partial charge in [0.2, 0.25) is 0 Å². The van der Waals surface area contributed by atoms with Crippen molar-refractivity contribution in [2.45, 2.75) is 33.1 Å². The molecule has 21 heavy (non-hydrogen) atoms. The minimum atomic E-state index is 0.539. The van der Waals surface area contributed by atoms with Gasteiger partial charge in [-0.1, -0.05) is 31.5 Å². The summed E-state index contributed by atoms with van der Waals surface area (Å²) in [7, 11) is 0. The molecule has 0 aliphatic heterocycles. The van der Waals surface area contributed by atoms with Crippen molar-refractivity contribution in [1.29, 1.82) is 0 Å². The van der Waals surface area contributed by atoms with Crippen molar-refractivity contribution in [2.75, 3.05) is 5.32 Å². The number of anilines is 2. The van der Waals surface area contributed by atoms with E-state index in [2.05, 4.69) is 48.4 Å². The van der Waals surface area contributed by atoms with E-state index in [0.717, 1.165) is 23.2 Å². The SMILES string of the molecule is CCCCc1ccc(Nc2nc3cc(C)ccc3o2)cc1. The fraction of sp³-hybridized carbons (Fsp3) is 0.278. The summed E-state index contributed by atoms with van der Waals surface area (Å²) in [5, 5.41) is 3.22. The van der Waals surface area contributed by atoms with Crippen molar-refractivity contribution < 1.29 is 4.42 Å². The van der Waals surface area contributed by atoms with Crippen LogP contribution < -0.4 is 5.32 Å². The normalized spacial score (nSPS) is 11.0. The van der Waals surface area contributed by atoms with E-state index < -0.39 is 0 Å². The van der Waals surface area contributed by atoms with E-state index in [0.29, 0.717) is 6.01 Å². The van der Waals surface area contributed by atoms with Crippen LogP contribution in [0.4, 0.5) is 11.7 Å². The first-order valence-electron chi connectivity index (χ1n) is 7.48. The number of aryl methyl sites for hydroxylation is 2. The van der Waals surface area contributed by atoms with Gasteiger partial charge in [0, 0.05) is 5.69 Å². The molecule has 0 fully saturated rings. The number of oxazole rings is 1. The first-order chi connectivity index (χ1) is 10.2. The first kappa shape index (κ1) is 13.7. The monoisotopic (exact) mass is 280 g/mol. The maximum Gasteiger partial charge on any atom is 0.300 e. The molecule has 1 heterocycles. The van der Waals surface area contributed by atoms with Crippen LogP contribution in [0.25, 0.3) is 11.1 Å². The lowest BCUT2D eigenvalue weighted by atomic mass is 10.1. The second kappa shape index (κ2) is 6.00. The molecule has 3 aromatic rings. The van der Waals surface area contributed by atoms with Crippen LogP contribution in [0.3, 0.4) is 0 Å². The molecule has 0 spiro atoms. The van der Waals surface area contributed by atoms with E-state index >= 15 is 0 Å². The topological polar surface area (TPSA) is 38.1 Å². The molecule has 2 aromatic carbocycles. The second-order valence-electron chi connectivity index (χ2n) is 5.42. The number of hydrogen-bond acceptors (Lipinski definition) is 3. The van der Waals surface area contributed by atoms with Crippen LogP contribution in [0.1, 0.15) is 30.9 Å². The summed E-state index contributed by atoms with van der Waals surface area (Å²) >= 11 is 0. The Labute approximate surface area is 125 Å². The van der Waals surface area contributed by atoms with Gasteiger partial charge in [-0.25, -0.2) is 0 Å². The molecule has 108 valence electrons. The fourth-order valence-electron chi connectivity index (χ4n) is 2.35. The van der Waals surface area contributed by atoms with E-state index in [1.165, 1.54) is 24.0 Å². The highest BCUT2D eigenvalue weighted by Gasteiger charge is 2.06. The standard InChI is InChI=1S/C18H20N2O/c1-3-4-5-14-7-9-15(10-8-14)19-18-20-16-12-13(2)6-11-17(16)21-18/h6-12H,3-5H2,1-2H3,(H,19,20). The molecule has 3 rings (SSSR count). The maximum atomic E-state index is 5.70. The zero-order valence-electron chi connectivity index (χ0n) is 12.5. The maximum absolute atomic E-state index is 5.70. The highest BCUT2D eigenvalue weighted by Crippen LogP contribution is 2.23. The molecule has 3 heteroatoms. The third-order valence-electron chi connectivity index (χ3n) is 3.57. The zero-order chi connectivity index (χ0) is 14.7. The largest absolute Gasteiger partial charge is 0.423 e. The molecule has 0 saturated heterocycles. The predicted molar refractivity (Wildman–Crippen MR) is 87.1 cm³/mol. The summed E-state index contributed by atoms with van der Waals surface area (Å²) in [4.78, 5) is 4.46. The van der Waals surface area contributed by atoms with Gasteiger partial charge < -0.3 is 9.73 Å². The summed E-state index contributed by atoms with van der Waals surface area (Å²) in [6.07, 6.45) is 3.60. The number of nitrogens with zero attached hydrogens (tertiary/aromatic N) is 1. The minimum absolute atomic E-state index is 0.539. The highest BCUT2D eigenvalue weighted by atomic mass is 16.4. The van der Waals surface area contributed by atoms with E-state index in [1.54, 1.807) is 0 Å². The summed E-state index contributed by atoms with van der Waals surface area (Å²) in [5.41, 5.74) is 5.25. The molecule has 1 N–H and O–H groups in total. The third kappa shape index (κ3) is 3.24. The molecule has 0 aliphatic carbocycles. The summed E-state index contributed by atoms with van der Waals surface area (Å²) in [6.45, 7) is 4.27. The Morgan fingerprint density at radius 1 is 1.10 bits per heavy atom. The van der Waals surface area contributed by atoms with Crippen LogP contribution in [-0.2, 0) is 6.42 Å². The molecule has 1 aromatic heterocycles. The Hall–Kier alpha value is -2.29. The average molecular weight is 280 g/mol. The van der Waals surface area contributed by atoms with Crippen LogP contribution in [0, 0.1) is 6.92 Å². The number of nitrogens with one attached hydrogen (secondary N) is 1. The molecular weight excluding hydrogens is 260 g/mol. The van der Waals surface area contributed by atoms with Gasteiger partial charge in [-0.3, -0.25) is 0 Å². The molecule has 0 amide bonds. The lowest BCUT2D eigenvalue weighted by Crippen LogP contribution is -1.91. The van der Waals surface area contributed by atoms with Crippen molar-refractivity contribution in [1.82, 2.24) is 4.98 Å². The van der Waals surface area contributed by atoms with E-state index in [-0.39, 0.29) is 0 Å². The van der Waals surface area contributed by atoms with E-state index in [1.807, 2.05) is 18.2 Å². The Kier molecular flexibility index (Phi) is 3.91. The van der Waals surface area contributed by atoms with Crippen LogP contribution >= 0.6 is 0 Å². The van der Waals surface area contributed by atoms with Crippen molar-refractivity contribution in [3.8, 4) is 0 Å². The summed E-state index contributed by atoms with van der Waals surface area (Å²) < 4.78 is 5.70. The third-order valence-corrected chi connectivity index (χ3v) is 3.57. The van der Waals surface area contributed by atoms with Crippen LogP contribution in [0.5, 0.6) is 0 Å². The number of unbranched alkanes of at least 4 members (excludes halogenated alkanes) is 1. The van der Waals surface area contributed by atoms with Gasteiger partial charge in [0.25, 0.3) is 6.01 Å². The summed E-state index contributed by atoms with van der Waals surface area (Å²) in [6, 6.07) is 15.0. The molecule has 3 nitrogen and oxygen atoms in total. The van der Waals surface area contributed by atoms with Gasteiger partial charge in [0.15, 0.2) is 5.58 Å². The van der Waals surface area contributed by atoms with Gasteiger partial charge in [0.05, 0.1) is 0 Å². The number of aromatic nitrogens is 1. The predicted octanol–water partition coefficient (Wildman–Crippen LogP) is 5.22. The van der Waals surface area contributed by atoms with Crippen molar-refractivity contribution in [3.05, 3.63) is 53.6 Å². The molecular formula is C18H20N2O. The van der Waals surface area contributed by atoms with Crippen molar-refractivity contribution >= 4 is 22.8 Å². The van der Waals surface area contributed by atoms with Crippen LogP contribution in [0.2, 0.25) is 0 Å². The minimum Gasteiger partial charge on any atom is -0.423 e. The Morgan fingerprint density at radius 2 is 1.90 bits per heavy atom. The van der Waals surface area contributed by atoms with Gasteiger partial charge in [-0.15, -0.1) is 0 Å². The van der Waals surface area contributed by atoms with Crippen LogP contribution in [0.15, 0.2) is 46.9 Å². The lowest BCUT2D eigenvalue weighted by Gasteiger charge is -2.03. The van der Waals surface area contributed by atoms with Crippen molar-refractivity contribution in [3.63, 3.8) is 0 Å². The van der Waals surface area contributed by atoms with Crippen LogP contribution in [-0.4, -0.2) is 4.98 Å². The van der Waals surface area contributed by atoms with E-state index in [4.69, 9.17) is 4.42 Å². The number of fused-ring (bicyclic) bond motifs is 1. The molecule has 0 bridgehead atoms. The number of hydrogen-bond donors (Lipinski definition) is 1. The first-order valence-corrected chi connectivity index (χ1v) is 7.48.